The van der Waals surface area contributed by atoms with Crippen molar-refractivity contribution in [1.29, 1.82) is 0 Å². The Labute approximate surface area is 114 Å². The summed E-state index contributed by atoms with van der Waals surface area (Å²) in [5.41, 5.74) is 0.392. The largest absolute Gasteiger partial charge is 0.465 e. The van der Waals surface area contributed by atoms with Gasteiger partial charge in [0.25, 0.3) is 10.0 Å². The van der Waals surface area contributed by atoms with Crippen LogP contribution in [0.4, 0.5) is 5.95 Å². The third-order valence-electron chi connectivity index (χ3n) is 2.30. The first-order valence-electron chi connectivity index (χ1n) is 5.38. The number of rotatable bonds is 4. The molecule has 0 unspecified atom stereocenters. The Morgan fingerprint density at radius 2 is 2.20 bits per heavy atom. The molecule has 2 heterocycles. The molecule has 0 amide bonds. The highest BCUT2D eigenvalue weighted by Gasteiger charge is 2.26. The monoisotopic (exact) mass is 297 g/mol. The number of methoxy groups -OCH3 is 1. The van der Waals surface area contributed by atoms with Gasteiger partial charge in [-0.05, 0) is 13.0 Å². The molecule has 0 aromatic carbocycles. The number of esters is 1. The number of aromatic nitrogens is 4. The van der Waals surface area contributed by atoms with E-state index in [1.807, 2.05) is 0 Å². The van der Waals surface area contributed by atoms with E-state index >= 15 is 0 Å². The number of H-pyrrole nitrogens is 1. The van der Waals surface area contributed by atoms with Crippen LogP contribution in [-0.2, 0) is 14.8 Å². The topological polar surface area (TPSA) is 127 Å². The van der Waals surface area contributed by atoms with Crippen LogP contribution in [0.2, 0.25) is 0 Å². The maximum atomic E-state index is 12.1. The smallest absolute Gasteiger partial charge is 0.342 e. The molecule has 0 radical (unpaired) electrons. The van der Waals surface area contributed by atoms with Crippen LogP contribution in [0.15, 0.2) is 23.5 Å². The third kappa shape index (κ3) is 2.74. The van der Waals surface area contributed by atoms with E-state index in [1.165, 1.54) is 6.20 Å². The Balaban J connectivity index is 2.36. The van der Waals surface area contributed by atoms with Crippen molar-refractivity contribution in [3.05, 3.63) is 29.7 Å². The first-order valence-corrected chi connectivity index (χ1v) is 6.86. The Morgan fingerprint density at radius 1 is 1.45 bits per heavy atom. The summed E-state index contributed by atoms with van der Waals surface area (Å²) in [7, 11) is -2.92. The maximum Gasteiger partial charge on any atom is 0.342 e. The molecule has 10 heteroatoms. The van der Waals surface area contributed by atoms with Crippen LogP contribution in [0.5, 0.6) is 0 Å². The highest BCUT2D eigenvalue weighted by atomic mass is 32.2. The van der Waals surface area contributed by atoms with E-state index in [0.29, 0.717) is 5.69 Å². The van der Waals surface area contributed by atoms with E-state index in [0.717, 1.165) is 13.3 Å². The van der Waals surface area contributed by atoms with Gasteiger partial charge < -0.3 is 4.74 Å². The molecule has 0 saturated heterocycles. The highest BCUT2D eigenvalue weighted by Crippen LogP contribution is 2.15. The van der Waals surface area contributed by atoms with Crippen LogP contribution in [0.25, 0.3) is 0 Å². The number of carbonyl (C=O) groups is 1. The highest BCUT2D eigenvalue weighted by molar-refractivity contribution is 7.92. The first-order chi connectivity index (χ1) is 9.44. The van der Waals surface area contributed by atoms with Gasteiger partial charge in [-0.3, -0.25) is 5.10 Å². The van der Waals surface area contributed by atoms with Gasteiger partial charge in [0, 0.05) is 11.9 Å². The van der Waals surface area contributed by atoms with Crippen molar-refractivity contribution >= 4 is 21.9 Å². The normalized spacial score (nSPS) is 11.1. The van der Waals surface area contributed by atoms with Crippen molar-refractivity contribution in [2.45, 2.75) is 11.9 Å². The van der Waals surface area contributed by atoms with E-state index in [9.17, 15) is 13.2 Å². The minimum absolute atomic E-state index is 0.101. The van der Waals surface area contributed by atoms with Crippen molar-refractivity contribution < 1.29 is 17.9 Å². The van der Waals surface area contributed by atoms with Gasteiger partial charge in [0.15, 0.2) is 5.03 Å². The maximum absolute atomic E-state index is 12.1. The lowest BCUT2D eigenvalue weighted by molar-refractivity contribution is 0.0596. The molecule has 106 valence electrons. The molecule has 0 bridgehead atoms. The van der Waals surface area contributed by atoms with Gasteiger partial charge in [-0.15, -0.1) is 0 Å². The standard InChI is InChI=1S/C10H11N5O4S/c1-6-3-4-11-10(13-6)15-20(17,18)8-7(5-12-14-8)9(16)19-2/h3-5H,1-2H3,(H,12,14)(H,11,13,15). The van der Waals surface area contributed by atoms with E-state index < -0.39 is 21.0 Å². The number of sulfonamides is 1. The molecule has 0 fully saturated rings. The summed E-state index contributed by atoms with van der Waals surface area (Å²) in [6, 6.07) is 1.62. The van der Waals surface area contributed by atoms with E-state index in [4.69, 9.17) is 0 Å². The lowest BCUT2D eigenvalue weighted by atomic mass is 10.4. The van der Waals surface area contributed by atoms with Crippen molar-refractivity contribution in [1.82, 2.24) is 20.2 Å². The minimum atomic E-state index is -4.07. The Morgan fingerprint density at radius 3 is 2.85 bits per heavy atom. The summed E-state index contributed by atoms with van der Waals surface area (Å²) in [4.78, 5) is 19.1. The lowest BCUT2D eigenvalue weighted by Gasteiger charge is -2.06. The van der Waals surface area contributed by atoms with E-state index in [1.54, 1.807) is 13.0 Å². The number of aromatic amines is 1. The molecular formula is C10H11N5O4S. The second kappa shape index (κ2) is 5.25. The predicted molar refractivity (Wildman–Crippen MR) is 67.5 cm³/mol. The molecule has 2 aromatic heterocycles. The minimum Gasteiger partial charge on any atom is -0.465 e. The number of ether oxygens (including phenoxy) is 1. The van der Waals surface area contributed by atoms with Crippen molar-refractivity contribution in [3.8, 4) is 0 Å². The summed E-state index contributed by atoms with van der Waals surface area (Å²) in [5.74, 6) is -0.917. The van der Waals surface area contributed by atoms with Gasteiger partial charge in [0.1, 0.15) is 5.56 Å². The van der Waals surface area contributed by atoms with Crippen LogP contribution in [0, 0.1) is 6.92 Å². The fraction of sp³-hybridized carbons (Fsp3) is 0.200. The zero-order valence-corrected chi connectivity index (χ0v) is 11.4. The third-order valence-corrected chi connectivity index (χ3v) is 3.60. The van der Waals surface area contributed by atoms with Gasteiger partial charge in [-0.25, -0.2) is 19.5 Å². The Bertz CT molecular complexity index is 740. The SMILES string of the molecule is COC(=O)c1cn[nH]c1S(=O)(=O)Nc1nccc(C)n1. The van der Waals surface area contributed by atoms with Crippen LogP contribution in [-0.4, -0.2) is 41.7 Å². The Hall–Kier alpha value is -2.49. The van der Waals surface area contributed by atoms with Gasteiger partial charge in [0.2, 0.25) is 5.95 Å². The van der Waals surface area contributed by atoms with Crippen LogP contribution in [0.3, 0.4) is 0 Å². The average Bonchev–Trinajstić information content (AvgIpc) is 2.87. The number of anilines is 1. The molecular weight excluding hydrogens is 286 g/mol. The summed E-state index contributed by atoms with van der Waals surface area (Å²) < 4.78 is 30.9. The molecule has 20 heavy (non-hydrogen) atoms. The second-order valence-corrected chi connectivity index (χ2v) is 5.35. The van der Waals surface area contributed by atoms with E-state index in [2.05, 4.69) is 29.6 Å². The molecule has 2 rings (SSSR count). The molecule has 0 saturated carbocycles. The Kier molecular flexibility index (Phi) is 3.66. The number of nitrogens with zero attached hydrogens (tertiary/aromatic N) is 3. The molecule has 0 aliphatic carbocycles. The van der Waals surface area contributed by atoms with Crippen LogP contribution in [0.1, 0.15) is 16.1 Å². The van der Waals surface area contributed by atoms with Crippen LogP contribution < -0.4 is 4.72 Å². The zero-order valence-electron chi connectivity index (χ0n) is 10.6. The van der Waals surface area contributed by atoms with Crippen molar-refractivity contribution in [2.24, 2.45) is 0 Å². The fourth-order valence-electron chi connectivity index (χ4n) is 1.40. The molecule has 0 atom stereocenters. The summed E-state index contributed by atoms with van der Waals surface area (Å²) >= 11 is 0. The predicted octanol–water partition coefficient (Wildman–Crippen LogP) is 0.0955. The van der Waals surface area contributed by atoms with Crippen molar-refractivity contribution in [2.75, 3.05) is 11.8 Å². The summed E-state index contributed by atoms with van der Waals surface area (Å²) in [6.45, 7) is 1.69. The molecule has 2 aromatic rings. The quantitative estimate of drug-likeness (QED) is 0.766. The number of hydrogen-bond acceptors (Lipinski definition) is 7. The zero-order chi connectivity index (χ0) is 14.8. The van der Waals surface area contributed by atoms with Gasteiger partial charge >= 0.3 is 5.97 Å². The van der Waals surface area contributed by atoms with Crippen molar-refractivity contribution in [3.63, 3.8) is 0 Å². The molecule has 0 spiro atoms. The number of aryl methyl sites for hydroxylation is 1. The fourth-order valence-corrected chi connectivity index (χ4v) is 2.44. The lowest BCUT2D eigenvalue weighted by Crippen LogP contribution is -2.18. The van der Waals surface area contributed by atoms with Gasteiger partial charge in [0.05, 0.1) is 13.3 Å². The molecule has 2 N–H and O–H groups in total. The molecule has 9 nitrogen and oxygen atoms in total. The van der Waals surface area contributed by atoms with E-state index in [-0.39, 0.29) is 11.5 Å². The number of nitrogens with one attached hydrogen (secondary N) is 2. The summed E-state index contributed by atoms with van der Waals surface area (Å²) in [6.07, 6.45) is 2.48. The molecule has 0 aliphatic heterocycles. The molecule has 0 aliphatic rings. The van der Waals surface area contributed by atoms with Crippen LogP contribution >= 0.6 is 0 Å². The van der Waals surface area contributed by atoms with Gasteiger partial charge in [-0.1, -0.05) is 0 Å². The number of carbonyl (C=O) groups excluding carboxylic acids is 1. The van der Waals surface area contributed by atoms with Gasteiger partial charge in [-0.2, -0.15) is 13.5 Å². The number of hydrogen-bond donors (Lipinski definition) is 2. The average molecular weight is 297 g/mol. The first kappa shape index (κ1) is 13.9. The second-order valence-electron chi connectivity index (χ2n) is 3.73. The summed E-state index contributed by atoms with van der Waals surface area (Å²) in [5, 5.41) is 5.36.